The summed E-state index contributed by atoms with van der Waals surface area (Å²) in [7, 11) is -5.77. The topological polar surface area (TPSA) is 309 Å². The second-order valence-electron chi connectivity index (χ2n) is 18.2. The molecule has 0 bridgehead atoms. The van der Waals surface area contributed by atoms with Gasteiger partial charge in [-0.3, -0.25) is 33.1 Å². The van der Waals surface area contributed by atoms with E-state index >= 15 is 0 Å². The highest BCUT2D eigenvalue weighted by Gasteiger charge is 2.59. The minimum absolute atomic E-state index is 0.332. The molecule has 0 spiro atoms. The van der Waals surface area contributed by atoms with Gasteiger partial charge in [-0.05, 0) is 42.3 Å². The molecule has 412 valence electrons. The van der Waals surface area contributed by atoms with Gasteiger partial charge in [-0.1, -0.05) is 91.0 Å². The lowest BCUT2D eigenvalue weighted by atomic mass is 9.77. The number of fused-ring (bicyclic) bond motifs is 2. The summed E-state index contributed by atoms with van der Waals surface area (Å²) >= 11 is 5.20. The number of imidazole rings is 1. The van der Waals surface area contributed by atoms with Crippen LogP contribution in [0.5, 0.6) is 0 Å². The molecule has 25 nitrogen and oxygen atoms in total. The fraction of sp³-hybridized carbons (Fsp3) is 0.429. The molecule has 5 aromatic rings. The largest absolute Gasteiger partial charge is 0.481 e. The van der Waals surface area contributed by atoms with Crippen molar-refractivity contribution in [3.05, 3.63) is 120 Å². The number of rotatable bonds is 20. The quantitative estimate of drug-likeness (QED) is 0.0398. The first kappa shape index (κ1) is 57.1. The molecule has 3 aliphatic heterocycles. The van der Waals surface area contributed by atoms with Gasteiger partial charge in [0, 0.05) is 34.6 Å². The lowest BCUT2D eigenvalue weighted by molar-refractivity contribution is -0.301. The Bertz CT molecular complexity index is 2950. The van der Waals surface area contributed by atoms with E-state index in [1.165, 1.54) is 12.7 Å². The van der Waals surface area contributed by atoms with Crippen molar-refractivity contribution in [1.29, 1.82) is 0 Å². The number of phosphoric ester groups is 1. The average Bonchev–Trinajstić information content (AvgIpc) is 4.18. The van der Waals surface area contributed by atoms with Crippen molar-refractivity contribution < 1.29 is 94.3 Å². The molecule has 8 rings (SSSR count). The van der Waals surface area contributed by atoms with Gasteiger partial charge in [-0.15, -0.1) is 0 Å². The first-order valence-corrected chi connectivity index (χ1v) is 27.9. The number of esters is 5. The molecule has 3 aromatic carbocycles. The van der Waals surface area contributed by atoms with E-state index in [9.17, 15) is 38.3 Å². The number of carbonyl (C=O) groups is 5. The molecule has 3 N–H and O–H groups in total. The van der Waals surface area contributed by atoms with Crippen LogP contribution in [-0.2, 0) is 102 Å². The lowest BCUT2D eigenvalue weighted by Crippen LogP contribution is -2.65. The van der Waals surface area contributed by atoms with Crippen molar-refractivity contribution in [2.45, 2.75) is 121 Å². The van der Waals surface area contributed by atoms with E-state index in [1.807, 2.05) is 91.0 Å². The second-order valence-corrected chi connectivity index (χ2v) is 22.6. The molecule has 2 aromatic heterocycles. The van der Waals surface area contributed by atoms with E-state index in [1.54, 1.807) is 18.4 Å². The zero-order chi connectivity index (χ0) is 55.5. The molecule has 0 amide bonds. The van der Waals surface area contributed by atoms with Gasteiger partial charge < -0.3 is 62.3 Å². The number of benzene rings is 3. The predicted octanol–water partition coefficient (Wildman–Crippen LogP) is 5.03. The van der Waals surface area contributed by atoms with E-state index in [4.69, 9.17) is 77.8 Å². The number of nitrogens with one attached hydrogen (secondary N) is 1. The Morgan fingerprint density at radius 1 is 0.740 bits per heavy atom. The number of nitrogens with zero attached hydrogens (tertiary/aromatic N) is 4. The van der Waals surface area contributed by atoms with Crippen molar-refractivity contribution >= 4 is 73.2 Å². The molecule has 5 heterocycles. The van der Waals surface area contributed by atoms with Crippen LogP contribution >= 0.6 is 14.5 Å². The number of phosphoric acid groups is 1. The molecule has 3 aliphatic rings. The first-order valence-electron chi connectivity index (χ1n) is 23.8. The van der Waals surface area contributed by atoms with E-state index in [-0.39, 0.29) is 0 Å². The summed E-state index contributed by atoms with van der Waals surface area (Å²) in [5.41, 5.74) is 2.46. The normalized spacial score (nSPS) is 25.8. The van der Waals surface area contributed by atoms with E-state index in [2.05, 4.69) is 10.3 Å². The van der Waals surface area contributed by atoms with Crippen molar-refractivity contribution in [3.63, 3.8) is 0 Å². The highest BCUT2D eigenvalue weighted by atomic mass is 32.5. The number of hydrogen-bond acceptors (Lipinski definition) is 23. The summed E-state index contributed by atoms with van der Waals surface area (Å²) in [5, 5.41) is 3.74. The molecule has 0 radical (unpaired) electrons. The van der Waals surface area contributed by atoms with Crippen molar-refractivity contribution in [1.82, 2.24) is 19.5 Å². The molecular weight excluding hydrogens is 1070 g/mol. The molecule has 12 atom stereocenters. The summed E-state index contributed by atoms with van der Waals surface area (Å²) in [4.78, 5) is 98.1. The van der Waals surface area contributed by atoms with Gasteiger partial charge in [-0.25, -0.2) is 23.8 Å². The fourth-order valence-electron chi connectivity index (χ4n) is 9.37. The number of carbonyl (C=O) groups excluding carboxylic acids is 5. The molecular formula is C49H55N5O20P2S. The third-order valence-electron chi connectivity index (χ3n) is 12.1. The van der Waals surface area contributed by atoms with E-state index < -0.39 is 130 Å². The van der Waals surface area contributed by atoms with E-state index in [0.29, 0.717) is 17.0 Å². The molecule has 3 saturated heterocycles. The van der Waals surface area contributed by atoms with Gasteiger partial charge >= 0.3 is 44.4 Å². The highest BCUT2D eigenvalue weighted by molar-refractivity contribution is 8.08. The zero-order valence-electron chi connectivity index (χ0n) is 42.3. The molecule has 28 heteroatoms. The fourth-order valence-corrected chi connectivity index (χ4v) is 12.5. The predicted molar refractivity (Wildman–Crippen MR) is 268 cm³/mol. The molecule has 0 aliphatic carbocycles. The summed E-state index contributed by atoms with van der Waals surface area (Å²) in [5.74, 6) is -5.74. The Labute approximate surface area is 445 Å². The Kier molecular flexibility index (Phi) is 17.4. The van der Waals surface area contributed by atoms with Crippen LogP contribution < -0.4 is 5.32 Å². The molecule has 0 saturated carbocycles. The van der Waals surface area contributed by atoms with Crippen LogP contribution in [0.25, 0.3) is 11.2 Å². The van der Waals surface area contributed by atoms with Crippen LogP contribution in [0, 0.1) is 0 Å². The lowest BCUT2D eigenvalue weighted by Gasteiger charge is -2.45. The van der Waals surface area contributed by atoms with Crippen molar-refractivity contribution in [2.75, 3.05) is 18.5 Å². The minimum atomic E-state index is -5.77. The van der Waals surface area contributed by atoms with Crippen LogP contribution in [0.3, 0.4) is 0 Å². The summed E-state index contributed by atoms with van der Waals surface area (Å²) < 4.78 is 83.0. The number of aromatic nitrogens is 4. The van der Waals surface area contributed by atoms with E-state index in [0.717, 1.165) is 51.3 Å². The van der Waals surface area contributed by atoms with Crippen LogP contribution in [0.4, 0.5) is 5.82 Å². The zero-order valence-corrected chi connectivity index (χ0v) is 44.9. The van der Waals surface area contributed by atoms with Crippen molar-refractivity contribution in [3.8, 4) is 0 Å². The third-order valence-corrected chi connectivity index (χ3v) is 15.6. The average molecular weight is 1130 g/mol. The summed E-state index contributed by atoms with van der Waals surface area (Å²) in [6.45, 7) is 1.91. The van der Waals surface area contributed by atoms with Crippen molar-refractivity contribution in [2.24, 2.45) is 0 Å². The standard InChI is InChI=1S/C49H55N5O20P2S/c1-27(55)63-23-35(65-28(2)56)38-40(66-29(3)57)41(67-30(4)58)43(68-31(5)59)47(70-38)73-75(60,61)74-76(62,77)64-24-36-39-42(72-48(6,7)71-39)46(69-36)54-26-52-37-44(50-25-51-45(37)54)53-49(32-17-11-8-12-18-32,33-19-13-9-14-20-33)34-21-15-10-16-22-34/h8-22,25-26,35-36,38-43,46-47H,23-24H2,1-7H3,(H,60,61)(H,62,77)(H,50,51,53)/t35-,36-,38-,39-,40-,41+,42-,43+,46-,47+,76?/m1/s1. The van der Waals surface area contributed by atoms with Gasteiger partial charge in [0.15, 0.2) is 53.4 Å². The second kappa shape index (κ2) is 23.5. The maximum Gasteiger partial charge on any atom is 0.481 e. The SMILES string of the molecule is CC(=O)OC[C@@H](OC(C)=O)[C@H]1O[C@@H](OP(=O)(O)OP(O)(=S)OC[C@H]2O[C@@H](n3cnc4c(NC(c5ccccc5)(c5ccccc5)c5ccccc5)ncnc43)[C@@H]3OC(C)(C)O[C@@H]32)[C@@H](OC(C)=O)[C@@H](OC(C)=O)[C@@H]1OC(C)=O. The third kappa shape index (κ3) is 13.3. The first-order chi connectivity index (χ1) is 36.5. The van der Waals surface area contributed by atoms with Gasteiger partial charge in [0.25, 0.3) is 0 Å². The Hall–Kier alpha value is -6.12. The number of hydrogen-bond donors (Lipinski definition) is 3. The Morgan fingerprint density at radius 3 is 1.83 bits per heavy atom. The summed E-state index contributed by atoms with van der Waals surface area (Å²) in [6, 6.07) is 29.7. The maximum absolute atomic E-state index is 13.9. The minimum Gasteiger partial charge on any atom is -0.462 e. The highest BCUT2D eigenvalue weighted by Crippen LogP contribution is 2.62. The van der Waals surface area contributed by atoms with Gasteiger partial charge in [0.1, 0.15) is 42.9 Å². The monoisotopic (exact) mass is 1130 g/mol. The van der Waals surface area contributed by atoms with Gasteiger partial charge in [0.2, 0.25) is 6.29 Å². The Balaban J connectivity index is 1.04. The maximum atomic E-state index is 13.9. The van der Waals surface area contributed by atoms with Crippen LogP contribution in [0.1, 0.15) is 71.4 Å². The summed E-state index contributed by atoms with van der Waals surface area (Å²) in [6.07, 6.45) is -12.7. The molecule has 3 fully saturated rings. The number of anilines is 1. The van der Waals surface area contributed by atoms with Crippen LogP contribution in [0.2, 0.25) is 0 Å². The van der Waals surface area contributed by atoms with Crippen LogP contribution in [0.15, 0.2) is 104 Å². The molecule has 77 heavy (non-hydrogen) atoms. The Morgan fingerprint density at radius 2 is 1.29 bits per heavy atom. The van der Waals surface area contributed by atoms with Crippen LogP contribution in [-0.4, -0.2) is 133 Å². The number of ether oxygens (including phenoxy) is 9. The molecule has 2 unspecified atom stereocenters. The van der Waals surface area contributed by atoms with Gasteiger partial charge in [0.05, 0.1) is 12.9 Å². The van der Waals surface area contributed by atoms with Gasteiger partial charge in [-0.2, -0.15) is 0 Å². The smallest absolute Gasteiger partial charge is 0.462 e.